The Morgan fingerprint density at radius 3 is 2.74 bits per heavy atom. The molecule has 0 aromatic heterocycles. The maximum Gasteiger partial charge on any atom is 0.342 e. The molecule has 0 radical (unpaired) electrons. The second kappa shape index (κ2) is 8.20. The molecule has 1 aromatic rings. The first kappa shape index (κ1) is 17.6. The summed E-state index contributed by atoms with van der Waals surface area (Å²) in [5.74, 6) is -0.0913. The van der Waals surface area contributed by atoms with Crippen molar-refractivity contribution in [3.05, 3.63) is 28.8 Å². The zero-order valence-corrected chi connectivity index (χ0v) is 14.2. The lowest BCUT2D eigenvalue weighted by molar-refractivity contribution is -0.125. The van der Waals surface area contributed by atoms with Gasteiger partial charge in [-0.05, 0) is 37.0 Å². The highest BCUT2D eigenvalue weighted by atomic mass is 35.5. The zero-order valence-electron chi connectivity index (χ0n) is 13.4. The molecule has 0 aliphatic heterocycles. The van der Waals surface area contributed by atoms with E-state index in [0.717, 1.165) is 19.3 Å². The molecule has 2 atom stereocenters. The van der Waals surface area contributed by atoms with Crippen LogP contribution in [0.1, 0.15) is 43.0 Å². The molecule has 1 aliphatic rings. The van der Waals surface area contributed by atoms with Crippen molar-refractivity contribution in [1.82, 2.24) is 5.32 Å². The maximum absolute atomic E-state index is 12.1. The second-order valence-corrected chi connectivity index (χ2v) is 6.29. The molecule has 1 amide bonds. The largest absolute Gasteiger partial charge is 0.496 e. The number of benzene rings is 1. The summed E-state index contributed by atoms with van der Waals surface area (Å²) in [5, 5.41) is 3.34. The molecule has 0 saturated heterocycles. The van der Waals surface area contributed by atoms with Gasteiger partial charge in [0.25, 0.3) is 5.91 Å². The van der Waals surface area contributed by atoms with Gasteiger partial charge in [0.15, 0.2) is 6.61 Å². The number of carbonyl (C=O) groups is 2. The summed E-state index contributed by atoms with van der Waals surface area (Å²) in [7, 11) is 1.46. The summed E-state index contributed by atoms with van der Waals surface area (Å²) >= 11 is 5.88. The van der Waals surface area contributed by atoms with Gasteiger partial charge in [-0.15, -0.1) is 0 Å². The van der Waals surface area contributed by atoms with Crippen LogP contribution in [0, 0.1) is 5.92 Å². The summed E-state index contributed by atoms with van der Waals surface area (Å²) in [6.45, 7) is 1.82. The number of carbonyl (C=O) groups excluding carboxylic acids is 2. The molecule has 0 bridgehead atoms. The van der Waals surface area contributed by atoms with Gasteiger partial charge in [-0.2, -0.15) is 0 Å². The minimum atomic E-state index is -0.629. The van der Waals surface area contributed by atoms with E-state index in [2.05, 4.69) is 12.2 Å². The lowest BCUT2D eigenvalue weighted by atomic mass is 9.86. The highest BCUT2D eigenvalue weighted by Crippen LogP contribution is 2.24. The Hall–Kier alpha value is -1.75. The Balaban J connectivity index is 1.88. The minimum Gasteiger partial charge on any atom is -0.496 e. The fraction of sp³-hybridized carbons (Fsp3) is 0.529. The Kier molecular flexibility index (Phi) is 6.28. The topological polar surface area (TPSA) is 64.6 Å². The van der Waals surface area contributed by atoms with Crippen molar-refractivity contribution in [2.24, 2.45) is 5.92 Å². The van der Waals surface area contributed by atoms with Crippen LogP contribution in [0.15, 0.2) is 18.2 Å². The van der Waals surface area contributed by atoms with Crippen molar-refractivity contribution in [3.8, 4) is 5.75 Å². The summed E-state index contributed by atoms with van der Waals surface area (Å²) in [5.41, 5.74) is 0.207. The molecule has 2 rings (SSSR count). The minimum absolute atomic E-state index is 0.163. The molecule has 1 fully saturated rings. The number of halogens is 1. The third kappa shape index (κ3) is 4.86. The lowest BCUT2D eigenvalue weighted by Gasteiger charge is -2.29. The SMILES string of the molecule is COc1ccc(Cl)cc1C(=O)OCC(=O)N[C@H]1CCCC[C@@H]1C. The van der Waals surface area contributed by atoms with Gasteiger partial charge in [0, 0.05) is 11.1 Å². The molecule has 1 N–H and O–H groups in total. The Bertz CT molecular complexity index is 576. The number of methoxy groups -OCH3 is 1. The summed E-state index contributed by atoms with van der Waals surface area (Å²) in [4.78, 5) is 24.1. The first-order valence-corrected chi connectivity index (χ1v) is 8.19. The van der Waals surface area contributed by atoms with Crippen molar-refractivity contribution in [2.75, 3.05) is 13.7 Å². The van der Waals surface area contributed by atoms with E-state index in [0.29, 0.717) is 16.7 Å². The molecule has 0 heterocycles. The third-order valence-electron chi connectivity index (χ3n) is 4.17. The number of nitrogens with one attached hydrogen (secondary N) is 1. The predicted molar refractivity (Wildman–Crippen MR) is 87.8 cm³/mol. The summed E-state index contributed by atoms with van der Waals surface area (Å²) < 4.78 is 10.2. The van der Waals surface area contributed by atoms with Crippen molar-refractivity contribution in [3.63, 3.8) is 0 Å². The van der Waals surface area contributed by atoms with Gasteiger partial charge >= 0.3 is 5.97 Å². The fourth-order valence-electron chi connectivity index (χ4n) is 2.83. The van der Waals surface area contributed by atoms with Gasteiger partial charge in [0.05, 0.1) is 7.11 Å². The molecule has 126 valence electrons. The van der Waals surface area contributed by atoms with Crippen molar-refractivity contribution in [1.29, 1.82) is 0 Å². The van der Waals surface area contributed by atoms with Crippen LogP contribution in [0.25, 0.3) is 0 Å². The van der Waals surface area contributed by atoms with E-state index in [1.54, 1.807) is 12.1 Å². The van der Waals surface area contributed by atoms with Crippen LogP contribution in [-0.2, 0) is 9.53 Å². The van der Waals surface area contributed by atoms with E-state index in [-0.39, 0.29) is 24.1 Å². The van der Waals surface area contributed by atoms with E-state index in [1.807, 2.05) is 0 Å². The molecule has 0 spiro atoms. The quantitative estimate of drug-likeness (QED) is 0.837. The van der Waals surface area contributed by atoms with Gasteiger partial charge in [-0.1, -0.05) is 31.4 Å². The lowest BCUT2D eigenvalue weighted by Crippen LogP contribution is -2.42. The highest BCUT2D eigenvalue weighted by molar-refractivity contribution is 6.31. The van der Waals surface area contributed by atoms with Gasteiger partial charge in [-0.3, -0.25) is 4.79 Å². The van der Waals surface area contributed by atoms with Crippen LogP contribution < -0.4 is 10.1 Å². The summed E-state index contributed by atoms with van der Waals surface area (Å²) in [6.07, 6.45) is 4.42. The third-order valence-corrected chi connectivity index (χ3v) is 4.41. The molecule has 1 aromatic carbocycles. The van der Waals surface area contributed by atoms with E-state index >= 15 is 0 Å². The monoisotopic (exact) mass is 339 g/mol. The van der Waals surface area contributed by atoms with Crippen molar-refractivity contribution < 1.29 is 19.1 Å². The highest BCUT2D eigenvalue weighted by Gasteiger charge is 2.23. The van der Waals surface area contributed by atoms with Gasteiger partial charge in [0.2, 0.25) is 0 Å². The fourth-order valence-corrected chi connectivity index (χ4v) is 3.00. The molecule has 6 heteroatoms. The van der Waals surface area contributed by atoms with Gasteiger partial charge < -0.3 is 14.8 Å². The zero-order chi connectivity index (χ0) is 16.8. The standard InChI is InChI=1S/C17H22ClNO4/c1-11-5-3-4-6-14(11)19-16(20)10-23-17(21)13-9-12(18)7-8-15(13)22-2/h7-9,11,14H,3-6,10H2,1-2H3,(H,19,20)/t11-,14-/m0/s1. The number of rotatable bonds is 5. The van der Waals surface area contributed by atoms with E-state index in [9.17, 15) is 9.59 Å². The number of esters is 1. The van der Waals surface area contributed by atoms with Gasteiger partial charge in [-0.25, -0.2) is 4.79 Å². The van der Waals surface area contributed by atoms with Crippen LogP contribution in [0.4, 0.5) is 0 Å². The van der Waals surface area contributed by atoms with Crippen LogP contribution in [-0.4, -0.2) is 31.6 Å². The van der Waals surface area contributed by atoms with Crippen LogP contribution in [0.2, 0.25) is 5.02 Å². The van der Waals surface area contributed by atoms with Gasteiger partial charge in [0.1, 0.15) is 11.3 Å². The normalized spacial score (nSPS) is 20.7. The smallest absolute Gasteiger partial charge is 0.342 e. The molecule has 5 nitrogen and oxygen atoms in total. The Morgan fingerprint density at radius 1 is 1.30 bits per heavy atom. The van der Waals surface area contributed by atoms with Crippen molar-refractivity contribution in [2.45, 2.75) is 38.6 Å². The number of amides is 1. The molecule has 1 aliphatic carbocycles. The average molecular weight is 340 g/mol. The second-order valence-electron chi connectivity index (χ2n) is 5.86. The maximum atomic E-state index is 12.1. The van der Waals surface area contributed by atoms with Crippen LogP contribution in [0.3, 0.4) is 0 Å². The van der Waals surface area contributed by atoms with E-state index < -0.39 is 5.97 Å². The Labute approximate surface area is 141 Å². The first-order valence-electron chi connectivity index (χ1n) is 7.81. The van der Waals surface area contributed by atoms with Crippen LogP contribution >= 0.6 is 11.6 Å². The molecule has 0 unspecified atom stereocenters. The van der Waals surface area contributed by atoms with E-state index in [4.69, 9.17) is 21.1 Å². The average Bonchev–Trinajstić information content (AvgIpc) is 2.54. The molecular formula is C17H22ClNO4. The number of ether oxygens (including phenoxy) is 2. The first-order chi connectivity index (χ1) is 11.0. The molecule has 23 heavy (non-hydrogen) atoms. The molecule has 1 saturated carbocycles. The molecular weight excluding hydrogens is 318 g/mol. The van der Waals surface area contributed by atoms with E-state index in [1.165, 1.54) is 19.6 Å². The predicted octanol–water partition coefficient (Wildman–Crippen LogP) is 3.20. The number of hydrogen-bond donors (Lipinski definition) is 1. The summed E-state index contributed by atoms with van der Waals surface area (Å²) in [6, 6.07) is 4.83. The Morgan fingerprint density at radius 2 is 2.04 bits per heavy atom. The van der Waals surface area contributed by atoms with Crippen molar-refractivity contribution >= 4 is 23.5 Å². The number of hydrogen-bond acceptors (Lipinski definition) is 4. The van der Waals surface area contributed by atoms with Crippen LogP contribution in [0.5, 0.6) is 5.75 Å².